The first-order valence-electron chi connectivity index (χ1n) is 11.4. The van der Waals surface area contributed by atoms with Crippen molar-refractivity contribution in [3.63, 3.8) is 0 Å². The molecule has 30 heavy (non-hydrogen) atoms. The summed E-state index contributed by atoms with van der Waals surface area (Å²) in [4.78, 5) is 18.7. The Morgan fingerprint density at radius 3 is 2.70 bits per heavy atom. The summed E-state index contributed by atoms with van der Waals surface area (Å²) in [5.41, 5.74) is 4.26. The van der Waals surface area contributed by atoms with Crippen molar-refractivity contribution in [3.8, 4) is 5.75 Å². The molecule has 0 radical (unpaired) electrons. The maximum atomic E-state index is 11.5. The fourth-order valence-corrected chi connectivity index (χ4v) is 4.90. The number of benzene rings is 1. The topological polar surface area (TPSA) is 60.4 Å². The van der Waals surface area contributed by atoms with Gasteiger partial charge in [0.05, 0.1) is 7.11 Å². The molecule has 1 aromatic rings. The van der Waals surface area contributed by atoms with Crippen LogP contribution < -0.4 is 15.1 Å². The molecule has 3 aliphatic rings. The smallest absolute Gasteiger partial charge is 0.172 e. The lowest BCUT2D eigenvalue weighted by molar-refractivity contribution is -0.111. The number of hydrogen-bond donors (Lipinski definition) is 1. The summed E-state index contributed by atoms with van der Waals surface area (Å²) in [5, 5.41) is 4.51. The molecule has 4 rings (SSSR count). The minimum absolute atomic E-state index is 0.285. The first-order chi connectivity index (χ1) is 14.8. The lowest BCUT2D eigenvalue weighted by Crippen LogP contribution is -2.48. The molecule has 164 valence electrons. The van der Waals surface area contributed by atoms with Crippen molar-refractivity contribution in [1.82, 2.24) is 15.2 Å². The molecule has 0 bridgehead atoms. The second-order valence-corrected chi connectivity index (χ2v) is 8.67. The third-order valence-electron chi connectivity index (χ3n) is 6.74. The summed E-state index contributed by atoms with van der Waals surface area (Å²) in [7, 11) is 1.71. The number of nitrogens with one attached hydrogen (secondary N) is 1. The van der Waals surface area contributed by atoms with Gasteiger partial charge in [0.2, 0.25) is 0 Å². The lowest BCUT2D eigenvalue weighted by atomic mass is 9.89. The molecule has 2 fully saturated rings. The van der Waals surface area contributed by atoms with E-state index >= 15 is 0 Å². The van der Waals surface area contributed by atoms with E-state index in [9.17, 15) is 4.79 Å². The van der Waals surface area contributed by atoms with Crippen LogP contribution in [0.5, 0.6) is 5.75 Å². The molecule has 0 aromatic heterocycles. The van der Waals surface area contributed by atoms with E-state index in [-0.39, 0.29) is 6.17 Å². The zero-order valence-corrected chi connectivity index (χ0v) is 18.1. The number of methoxy groups -OCH3 is 1. The van der Waals surface area contributed by atoms with E-state index in [1.807, 2.05) is 6.07 Å². The Balaban J connectivity index is 1.26. The summed E-state index contributed by atoms with van der Waals surface area (Å²) in [5.74, 6) is 2.65. The third kappa shape index (κ3) is 5.06. The fourth-order valence-electron chi connectivity index (χ4n) is 4.90. The zero-order valence-electron chi connectivity index (χ0n) is 18.1. The van der Waals surface area contributed by atoms with Gasteiger partial charge in [-0.25, -0.2) is 0 Å². The predicted octanol–water partition coefficient (Wildman–Crippen LogP) is 2.53. The van der Waals surface area contributed by atoms with Gasteiger partial charge in [-0.15, -0.1) is 0 Å². The number of carbonyl (C=O) groups is 1. The largest absolute Gasteiger partial charge is 0.497 e. The van der Waals surface area contributed by atoms with E-state index in [1.54, 1.807) is 7.11 Å². The molecule has 1 atom stereocenters. The summed E-state index contributed by atoms with van der Waals surface area (Å²) >= 11 is 0. The number of hydrazone groups is 1. The number of anilines is 1. The van der Waals surface area contributed by atoms with Crippen molar-refractivity contribution < 1.29 is 9.53 Å². The number of amidine groups is 1. The molecule has 1 saturated carbocycles. The van der Waals surface area contributed by atoms with Gasteiger partial charge in [-0.1, -0.05) is 25.3 Å². The van der Waals surface area contributed by atoms with Crippen LogP contribution >= 0.6 is 0 Å². The van der Waals surface area contributed by atoms with Gasteiger partial charge in [0.15, 0.2) is 12.5 Å². The summed E-state index contributed by atoms with van der Waals surface area (Å²) in [6.07, 6.45) is 8.16. The molecule has 1 aliphatic carbocycles. The van der Waals surface area contributed by atoms with Crippen LogP contribution in [0.4, 0.5) is 5.69 Å². The van der Waals surface area contributed by atoms with Gasteiger partial charge in [-0.05, 0) is 30.9 Å². The highest BCUT2D eigenvalue weighted by Crippen LogP contribution is 2.26. The fraction of sp³-hybridized carbons (Fsp3) is 0.652. The molecule has 0 amide bonds. The SMILES string of the molecule is COc1cccc(N2CCN(CCC3=NNC(C=O)N3CC3CCCCC3)CC2)c1. The van der Waals surface area contributed by atoms with E-state index in [4.69, 9.17) is 4.74 Å². The molecule has 1 aromatic carbocycles. The highest BCUT2D eigenvalue weighted by molar-refractivity contribution is 5.86. The number of hydrogen-bond acceptors (Lipinski definition) is 7. The van der Waals surface area contributed by atoms with Crippen LogP contribution in [-0.4, -0.2) is 74.5 Å². The molecular formula is C23H35N5O2. The molecule has 2 heterocycles. The van der Waals surface area contributed by atoms with Crippen molar-refractivity contribution >= 4 is 17.8 Å². The monoisotopic (exact) mass is 413 g/mol. The predicted molar refractivity (Wildman–Crippen MR) is 120 cm³/mol. The average molecular weight is 414 g/mol. The second-order valence-electron chi connectivity index (χ2n) is 8.67. The van der Waals surface area contributed by atoms with Gasteiger partial charge in [-0.2, -0.15) is 5.10 Å². The Labute approximate surface area is 180 Å². The first kappa shape index (κ1) is 21.0. The van der Waals surface area contributed by atoms with Crippen LogP contribution in [0.25, 0.3) is 0 Å². The maximum Gasteiger partial charge on any atom is 0.172 e. The number of aldehydes is 1. The van der Waals surface area contributed by atoms with Crippen molar-refractivity contribution in [2.75, 3.05) is 51.3 Å². The number of rotatable bonds is 8. The molecule has 7 heteroatoms. The van der Waals surface area contributed by atoms with Crippen molar-refractivity contribution in [2.24, 2.45) is 11.0 Å². The normalized spacial score (nSPS) is 23.2. The minimum atomic E-state index is -0.285. The van der Waals surface area contributed by atoms with Gasteiger partial charge in [0.1, 0.15) is 11.6 Å². The van der Waals surface area contributed by atoms with Crippen LogP contribution in [0.15, 0.2) is 29.4 Å². The summed E-state index contributed by atoms with van der Waals surface area (Å²) in [6.45, 7) is 6.05. The second kappa shape index (κ2) is 10.2. The van der Waals surface area contributed by atoms with Crippen molar-refractivity contribution in [3.05, 3.63) is 24.3 Å². The molecular weight excluding hydrogens is 378 g/mol. The van der Waals surface area contributed by atoms with Crippen LogP contribution in [-0.2, 0) is 4.79 Å². The Morgan fingerprint density at radius 1 is 1.17 bits per heavy atom. The number of piperazine rings is 1. The van der Waals surface area contributed by atoms with E-state index in [2.05, 4.69) is 43.4 Å². The minimum Gasteiger partial charge on any atom is -0.497 e. The van der Waals surface area contributed by atoms with Crippen LogP contribution in [0.3, 0.4) is 0 Å². The highest BCUT2D eigenvalue weighted by atomic mass is 16.5. The Bertz CT molecular complexity index is 726. The highest BCUT2D eigenvalue weighted by Gasteiger charge is 2.30. The van der Waals surface area contributed by atoms with E-state index in [1.165, 1.54) is 37.8 Å². The first-order valence-corrected chi connectivity index (χ1v) is 11.4. The molecule has 0 spiro atoms. The third-order valence-corrected chi connectivity index (χ3v) is 6.74. The van der Waals surface area contributed by atoms with Crippen LogP contribution in [0.2, 0.25) is 0 Å². The van der Waals surface area contributed by atoms with Gasteiger partial charge in [0, 0.05) is 57.4 Å². The van der Waals surface area contributed by atoms with E-state index in [0.717, 1.165) is 63.6 Å². The van der Waals surface area contributed by atoms with E-state index < -0.39 is 0 Å². The molecule has 1 N–H and O–H groups in total. The van der Waals surface area contributed by atoms with Crippen molar-refractivity contribution in [2.45, 2.75) is 44.7 Å². The van der Waals surface area contributed by atoms with Gasteiger partial charge in [0.25, 0.3) is 0 Å². The van der Waals surface area contributed by atoms with Crippen LogP contribution in [0.1, 0.15) is 38.5 Å². The summed E-state index contributed by atoms with van der Waals surface area (Å²) in [6, 6.07) is 8.30. The number of carbonyl (C=O) groups excluding carboxylic acids is 1. The number of nitrogens with zero attached hydrogens (tertiary/aromatic N) is 4. The standard InChI is InChI=1S/C23H35N5O2/c1-30-21-9-5-8-20(16-21)27-14-12-26(13-15-27)11-10-22-24-25-23(18-29)28(22)17-19-6-3-2-4-7-19/h5,8-9,16,18-19,23,25H,2-4,6-7,10-15,17H2,1H3. The molecule has 1 saturated heterocycles. The molecule has 1 unspecified atom stereocenters. The van der Waals surface area contributed by atoms with Crippen LogP contribution in [0, 0.1) is 5.92 Å². The van der Waals surface area contributed by atoms with E-state index in [0.29, 0.717) is 5.92 Å². The summed E-state index contributed by atoms with van der Waals surface area (Å²) < 4.78 is 5.36. The Hall–Kier alpha value is -2.28. The molecule has 2 aliphatic heterocycles. The lowest BCUT2D eigenvalue weighted by Gasteiger charge is -2.36. The Kier molecular flexibility index (Phi) is 7.10. The van der Waals surface area contributed by atoms with Gasteiger partial charge < -0.3 is 14.5 Å². The number of ether oxygens (including phenoxy) is 1. The quantitative estimate of drug-likeness (QED) is 0.661. The maximum absolute atomic E-state index is 11.5. The molecule has 7 nitrogen and oxygen atoms in total. The van der Waals surface area contributed by atoms with Gasteiger partial charge in [-0.3, -0.25) is 15.1 Å². The van der Waals surface area contributed by atoms with Gasteiger partial charge >= 0.3 is 0 Å². The average Bonchev–Trinajstić information content (AvgIpc) is 3.20. The zero-order chi connectivity index (χ0) is 20.8. The Morgan fingerprint density at radius 2 is 1.97 bits per heavy atom. The van der Waals surface area contributed by atoms with Crippen molar-refractivity contribution in [1.29, 1.82) is 0 Å².